The molecule has 5 nitrogen and oxygen atoms in total. The topological polar surface area (TPSA) is 64.0 Å². The molecule has 0 aliphatic heterocycles. The predicted octanol–water partition coefficient (Wildman–Crippen LogP) is 3.37. The molecule has 2 aromatic rings. The van der Waals surface area contributed by atoms with Crippen LogP contribution in [0.4, 0.5) is 26.3 Å². The predicted molar refractivity (Wildman–Crippen MR) is 81.4 cm³/mol. The molecule has 11 heteroatoms. The van der Waals surface area contributed by atoms with E-state index in [2.05, 4.69) is 5.10 Å². The first-order chi connectivity index (χ1) is 12.3. The standard InChI is InChI=1S/C16H13F6N3O2/c1-8-12(13(26)14(27)23-7-15(17,18)19)9(2)25(24-8)11-5-3-4-10(6-11)16(20,21)22/h3-6H,7H2,1-2H3,(H,23,27). The summed E-state index contributed by atoms with van der Waals surface area (Å²) in [4.78, 5) is 23.8. The van der Waals surface area contributed by atoms with Gasteiger partial charge in [0.05, 0.1) is 28.2 Å². The molecule has 0 radical (unpaired) electrons. The van der Waals surface area contributed by atoms with Gasteiger partial charge in [-0.3, -0.25) is 9.59 Å². The van der Waals surface area contributed by atoms with E-state index in [1.165, 1.54) is 25.2 Å². The molecule has 1 amide bonds. The highest BCUT2D eigenvalue weighted by atomic mass is 19.4. The second-order valence-corrected chi connectivity index (χ2v) is 5.63. The lowest BCUT2D eigenvalue weighted by Crippen LogP contribution is -2.38. The first-order valence-electron chi connectivity index (χ1n) is 7.44. The van der Waals surface area contributed by atoms with Gasteiger partial charge in [0.2, 0.25) is 0 Å². The Morgan fingerprint density at radius 3 is 2.30 bits per heavy atom. The molecule has 1 N–H and O–H groups in total. The number of aryl methyl sites for hydroxylation is 1. The van der Waals surface area contributed by atoms with Crippen LogP contribution < -0.4 is 5.32 Å². The summed E-state index contributed by atoms with van der Waals surface area (Å²) in [5.74, 6) is -2.74. The van der Waals surface area contributed by atoms with Crippen LogP contribution in [-0.4, -0.2) is 34.2 Å². The van der Waals surface area contributed by atoms with Crippen LogP contribution in [-0.2, 0) is 11.0 Å². The van der Waals surface area contributed by atoms with Crippen LogP contribution >= 0.6 is 0 Å². The zero-order chi connectivity index (χ0) is 20.6. The molecule has 1 heterocycles. The summed E-state index contributed by atoms with van der Waals surface area (Å²) < 4.78 is 76.1. The minimum atomic E-state index is -4.69. The maximum Gasteiger partial charge on any atom is 0.416 e. The van der Waals surface area contributed by atoms with Gasteiger partial charge in [-0.25, -0.2) is 4.68 Å². The molecule has 2 rings (SSSR count). The smallest absolute Gasteiger partial charge is 0.340 e. The van der Waals surface area contributed by atoms with Crippen molar-refractivity contribution in [2.24, 2.45) is 0 Å². The van der Waals surface area contributed by atoms with E-state index in [9.17, 15) is 35.9 Å². The number of carbonyl (C=O) groups is 2. The summed E-state index contributed by atoms with van der Waals surface area (Å²) in [5.41, 5.74) is -1.20. The Kier molecular flexibility index (Phi) is 5.34. The number of nitrogens with one attached hydrogen (secondary N) is 1. The quantitative estimate of drug-likeness (QED) is 0.492. The number of ketones is 1. The second kappa shape index (κ2) is 7.05. The molecule has 1 aromatic carbocycles. The highest BCUT2D eigenvalue weighted by Gasteiger charge is 2.32. The highest BCUT2D eigenvalue weighted by molar-refractivity contribution is 6.43. The van der Waals surface area contributed by atoms with Gasteiger partial charge in [0.15, 0.2) is 0 Å². The van der Waals surface area contributed by atoms with E-state index < -0.39 is 36.2 Å². The molecule has 0 saturated carbocycles. The largest absolute Gasteiger partial charge is 0.416 e. The number of halogens is 6. The number of nitrogens with zero attached hydrogens (tertiary/aromatic N) is 2. The normalized spacial score (nSPS) is 12.1. The number of hydrogen-bond acceptors (Lipinski definition) is 3. The maximum atomic E-state index is 12.9. The fraction of sp³-hybridized carbons (Fsp3) is 0.312. The molecule has 1 aromatic heterocycles. The molecule has 0 atom stereocenters. The van der Waals surface area contributed by atoms with E-state index in [1.807, 2.05) is 0 Å². The van der Waals surface area contributed by atoms with Crippen molar-refractivity contribution in [3.05, 3.63) is 46.8 Å². The number of hydrogen-bond donors (Lipinski definition) is 1. The van der Waals surface area contributed by atoms with Gasteiger partial charge in [-0.05, 0) is 32.0 Å². The Balaban J connectivity index is 2.37. The van der Waals surface area contributed by atoms with E-state index in [0.29, 0.717) is 0 Å². The van der Waals surface area contributed by atoms with Gasteiger partial charge in [-0.2, -0.15) is 31.4 Å². The molecule has 0 aliphatic rings. The number of alkyl halides is 6. The van der Waals surface area contributed by atoms with Crippen molar-refractivity contribution >= 4 is 11.7 Å². The molecular formula is C16H13F6N3O2. The Labute approximate surface area is 149 Å². The Morgan fingerprint density at radius 2 is 1.74 bits per heavy atom. The zero-order valence-electron chi connectivity index (χ0n) is 14.0. The average molecular weight is 393 g/mol. The summed E-state index contributed by atoms with van der Waals surface area (Å²) in [5, 5.41) is 5.40. The first kappa shape index (κ1) is 20.5. The minimum Gasteiger partial charge on any atom is -0.340 e. The lowest BCUT2D eigenvalue weighted by atomic mass is 10.1. The van der Waals surface area contributed by atoms with Crippen LogP contribution in [0.2, 0.25) is 0 Å². The van der Waals surface area contributed by atoms with E-state index in [4.69, 9.17) is 0 Å². The summed E-state index contributed by atoms with van der Waals surface area (Å²) >= 11 is 0. The number of carbonyl (C=O) groups excluding carboxylic acids is 2. The number of Topliss-reactive ketones (excluding diaryl/α,β-unsaturated/α-hetero) is 1. The summed E-state index contributed by atoms with van der Waals surface area (Å²) in [7, 11) is 0. The van der Waals surface area contributed by atoms with Crippen LogP contribution in [0.1, 0.15) is 27.3 Å². The lowest BCUT2D eigenvalue weighted by molar-refractivity contribution is -0.137. The number of amides is 1. The number of benzene rings is 1. The van der Waals surface area contributed by atoms with Crippen molar-refractivity contribution in [2.45, 2.75) is 26.2 Å². The summed E-state index contributed by atoms with van der Waals surface area (Å²) in [6.07, 6.45) is -9.29. The van der Waals surface area contributed by atoms with Crippen LogP contribution in [0.25, 0.3) is 5.69 Å². The van der Waals surface area contributed by atoms with Gasteiger partial charge in [0.25, 0.3) is 11.7 Å². The average Bonchev–Trinajstić information content (AvgIpc) is 2.85. The van der Waals surface area contributed by atoms with Gasteiger partial charge >= 0.3 is 12.4 Å². The maximum absolute atomic E-state index is 12.9. The molecule has 0 fully saturated rings. The van der Waals surface area contributed by atoms with Crippen molar-refractivity contribution in [1.29, 1.82) is 0 Å². The Morgan fingerprint density at radius 1 is 1.11 bits per heavy atom. The van der Waals surface area contributed by atoms with Crippen molar-refractivity contribution in [1.82, 2.24) is 15.1 Å². The van der Waals surface area contributed by atoms with Crippen LogP contribution in [0.15, 0.2) is 24.3 Å². The SMILES string of the molecule is Cc1nn(-c2cccc(C(F)(F)F)c2)c(C)c1C(=O)C(=O)NCC(F)(F)F. The summed E-state index contributed by atoms with van der Waals surface area (Å²) in [6.45, 7) is 0.962. The molecule has 146 valence electrons. The van der Waals surface area contributed by atoms with Crippen LogP contribution in [0.3, 0.4) is 0 Å². The fourth-order valence-electron chi connectivity index (χ4n) is 2.41. The van der Waals surface area contributed by atoms with Crippen molar-refractivity contribution in [3.63, 3.8) is 0 Å². The van der Waals surface area contributed by atoms with E-state index in [0.717, 1.165) is 22.9 Å². The molecule has 0 unspecified atom stereocenters. The molecule has 0 bridgehead atoms. The Bertz CT molecular complexity index is 883. The number of aromatic nitrogens is 2. The van der Waals surface area contributed by atoms with Gasteiger partial charge in [0, 0.05) is 0 Å². The van der Waals surface area contributed by atoms with Gasteiger partial charge in [0.1, 0.15) is 6.54 Å². The third-order valence-corrected chi connectivity index (χ3v) is 3.59. The van der Waals surface area contributed by atoms with Gasteiger partial charge in [-0.1, -0.05) is 6.07 Å². The molecule has 0 saturated heterocycles. The van der Waals surface area contributed by atoms with Gasteiger partial charge in [-0.15, -0.1) is 0 Å². The van der Waals surface area contributed by atoms with E-state index in [1.54, 1.807) is 0 Å². The van der Waals surface area contributed by atoms with Crippen LogP contribution in [0, 0.1) is 13.8 Å². The molecule has 0 aliphatic carbocycles. The molecular weight excluding hydrogens is 380 g/mol. The minimum absolute atomic E-state index is 0.00271. The third-order valence-electron chi connectivity index (χ3n) is 3.59. The summed E-state index contributed by atoms with van der Waals surface area (Å²) in [6, 6.07) is 4.11. The van der Waals surface area contributed by atoms with Crippen molar-refractivity contribution in [2.75, 3.05) is 6.54 Å². The Hall–Kier alpha value is -2.85. The first-order valence-corrected chi connectivity index (χ1v) is 7.44. The van der Waals surface area contributed by atoms with Gasteiger partial charge < -0.3 is 5.32 Å². The van der Waals surface area contributed by atoms with Crippen molar-refractivity contribution in [3.8, 4) is 5.69 Å². The molecule has 27 heavy (non-hydrogen) atoms. The lowest BCUT2D eigenvalue weighted by Gasteiger charge is -2.10. The second-order valence-electron chi connectivity index (χ2n) is 5.63. The highest BCUT2D eigenvalue weighted by Crippen LogP contribution is 2.31. The molecule has 0 spiro atoms. The van der Waals surface area contributed by atoms with E-state index in [-0.39, 0.29) is 22.6 Å². The fourth-order valence-corrected chi connectivity index (χ4v) is 2.41. The van der Waals surface area contributed by atoms with Crippen LogP contribution in [0.5, 0.6) is 0 Å². The zero-order valence-corrected chi connectivity index (χ0v) is 14.0. The third kappa shape index (κ3) is 4.66. The monoisotopic (exact) mass is 393 g/mol. The number of rotatable bonds is 4. The van der Waals surface area contributed by atoms with Crippen molar-refractivity contribution < 1.29 is 35.9 Å². The van der Waals surface area contributed by atoms with E-state index >= 15 is 0 Å².